The van der Waals surface area contributed by atoms with Crippen LogP contribution < -0.4 is 0 Å². The minimum Gasteiger partial charge on any atom is -0.478 e. The molecule has 1 saturated heterocycles. The zero-order valence-electron chi connectivity index (χ0n) is 16.5. The molecule has 0 bridgehead atoms. The first-order valence-corrected chi connectivity index (χ1v) is 11.3. The number of aromatic nitrogens is 1. The summed E-state index contributed by atoms with van der Waals surface area (Å²) in [5.41, 5.74) is -0.0392. The van der Waals surface area contributed by atoms with Gasteiger partial charge < -0.3 is 5.11 Å². The average Bonchev–Trinajstić information content (AvgIpc) is 3.02. The molecule has 0 spiro atoms. The number of carboxylic acids is 1. The topological polar surface area (TPSA) is 87.6 Å². The number of nitrogens with zero attached hydrogens (tertiary/aromatic N) is 2. The van der Waals surface area contributed by atoms with Crippen molar-refractivity contribution in [1.29, 1.82) is 0 Å². The highest BCUT2D eigenvalue weighted by molar-refractivity contribution is 7.89. The molecule has 162 valence electrons. The van der Waals surface area contributed by atoms with E-state index in [0.717, 1.165) is 31.7 Å². The van der Waals surface area contributed by atoms with Crippen molar-refractivity contribution in [3.05, 3.63) is 59.7 Å². The zero-order valence-corrected chi connectivity index (χ0v) is 17.3. The van der Waals surface area contributed by atoms with Crippen molar-refractivity contribution in [2.75, 3.05) is 13.1 Å². The third-order valence-electron chi connectivity index (χ3n) is 5.42. The van der Waals surface area contributed by atoms with Crippen molar-refractivity contribution in [1.82, 2.24) is 9.29 Å². The lowest BCUT2D eigenvalue weighted by molar-refractivity contribution is 0.0699. The molecule has 0 radical (unpaired) electrons. The summed E-state index contributed by atoms with van der Waals surface area (Å²) in [6.45, 7) is 0.848. The molecule has 0 atom stereocenters. The maximum atomic E-state index is 14.2. The molecule has 0 unspecified atom stereocenters. The highest BCUT2D eigenvalue weighted by Crippen LogP contribution is 2.30. The van der Waals surface area contributed by atoms with E-state index >= 15 is 0 Å². The monoisotopic (exact) mass is 446 g/mol. The van der Waals surface area contributed by atoms with E-state index in [0.29, 0.717) is 19.2 Å². The first-order valence-electron chi connectivity index (χ1n) is 9.91. The molecule has 2 aromatic carbocycles. The number of carbonyl (C=O) groups is 1. The summed E-state index contributed by atoms with van der Waals surface area (Å²) in [6.07, 6.45) is 3.50. The number of aromatic carboxylic acids is 1. The minimum absolute atomic E-state index is 0.00749. The third kappa shape index (κ3) is 4.15. The van der Waals surface area contributed by atoms with Crippen LogP contribution in [0.4, 0.5) is 8.78 Å². The molecule has 1 N–H and O–H groups in total. The molecule has 31 heavy (non-hydrogen) atoms. The van der Waals surface area contributed by atoms with E-state index in [2.05, 4.69) is 4.98 Å². The SMILES string of the molecule is O=C(O)c1cc(-c2ccc(F)cc2F)nc2ccc(S(=O)(=O)N3CCCCCC3)cc12. The Bertz CT molecular complexity index is 1270. The maximum Gasteiger partial charge on any atom is 0.336 e. The normalized spacial score (nSPS) is 15.7. The summed E-state index contributed by atoms with van der Waals surface area (Å²) in [5, 5.41) is 9.84. The second kappa shape index (κ2) is 8.32. The number of benzene rings is 2. The van der Waals surface area contributed by atoms with Crippen LogP contribution >= 0.6 is 0 Å². The lowest BCUT2D eigenvalue weighted by Crippen LogP contribution is -2.31. The van der Waals surface area contributed by atoms with Crippen molar-refractivity contribution in [2.45, 2.75) is 30.6 Å². The summed E-state index contributed by atoms with van der Waals surface area (Å²) < 4.78 is 55.1. The van der Waals surface area contributed by atoms with Crippen LogP contribution in [0.2, 0.25) is 0 Å². The molecule has 2 heterocycles. The number of hydrogen-bond donors (Lipinski definition) is 1. The van der Waals surface area contributed by atoms with E-state index in [4.69, 9.17) is 0 Å². The zero-order chi connectivity index (χ0) is 22.2. The van der Waals surface area contributed by atoms with E-state index in [1.54, 1.807) is 0 Å². The van der Waals surface area contributed by atoms with Crippen molar-refractivity contribution in [3.8, 4) is 11.3 Å². The van der Waals surface area contributed by atoms with Crippen LogP contribution in [-0.2, 0) is 10.0 Å². The van der Waals surface area contributed by atoms with Gasteiger partial charge >= 0.3 is 5.97 Å². The lowest BCUT2D eigenvalue weighted by atomic mass is 10.0. The molecule has 0 saturated carbocycles. The van der Waals surface area contributed by atoms with Crippen LogP contribution in [0.3, 0.4) is 0 Å². The number of pyridine rings is 1. The van der Waals surface area contributed by atoms with Crippen LogP contribution in [-0.4, -0.2) is 41.9 Å². The van der Waals surface area contributed by atoms with Crippen LogP contribution in [0.15, 0.2) is 47.4 Å². The number of carboxylic acid groups (broad SMARTS) is 1. The van der Waals surface area contributed by atoms with Crippen molar-refractivity contribution < 1.29 is 27.1 Å². The van der Waals surface area contributed by atoms with Gasteiger partial charge in [-0.2, -0.15) is 4.31 Å². The van der Waals surface area contributed by atoms with Crippen molar-refractivity contribution >= 4 is 26.9 Å². The molecule has 1 aliphatic rings. The molecule has 9 heteroatoms. The molecular weight excluding hydrogens is 426 g/mol. The van der Waals surface area contributed by atoms with Crippen LogP contribution in [0, 0.1) is 11.6 Å². The molecule has 6 nitrogen and oxygen atoms in total. The van der Waals surface area contributed by atoms with E-state index in [1.165, 1.54) is 34.6 Å². The number of halogens is 2. The van der Waals surface area contributed by atoms with E-state index < -0.39 is 27.6 Å². The van der Waals surface area contributed by atoms with E-state index in [9.17, 15) is 27.1 Å². The first kappa shape index (κ1) is 21.3. The van der Waals surface area contributed by atoms with Gasteiger partial charge in [-0.3, -0.25) is 0 Å². The standard InChI is InChI=1S/C22H20F2N2O4S/c23-14-5-7-16(19(24)11-14)21-13-18(22(27)28)17-12-15(6-8-20(17)25-21)31(29,30)26-9-3-1-2-4-10-26/h5-8,11-13H,1-4,9-10H2,(H,27,28). The Morgan fingerprint density at radius 1 is 0.968 bits per heavy atom. The quantitative estimate of drug-likeness (QED) is 0.640. The molecule has 1 aliphatic heterocycles. The second-order valence-corrected chi connectivity index (χ2v) is 9.42. The average molecular weight is 446 g/mol. The van der Waals surface area contributed by atoms with E-state index in [-0.39, 0.29) is 32.6 Å². The number of rotatable bonds is 4. The Morgan fingerprint density at radius 3 is 2.32 bits per heavy atom. The molecular formula is C22H20F2N2O4S. The Hall–Kier alpha value is -2.91. The molecule has 0 aliphatic carbocycles. The van der Waals surface area contributed by atoms with Gasteiger partial charge in [0.2, 0.25) is 10.0 Å². The predicted molar refractivity (Wildman–Crippen MR) is 111 cm³/mol. The molecule has 3 aromatic rings. The fourth-order valence-electron chi connectivity index (χ4n) is 3.81. The molecule has 1 aromatic heterocycles. The number of sulfonamides is 1. The highest BCUT2D eigenvalue weighted by atomic mass is 32.2. The third-order valence-corrected chi connectivity index (χ3v) is 7.32. The van der Waals surface area contributed by atoms with Gasteiger partial charge in [0.25, 0.3) is 0 Å². The first-order chi connectivity index (χ1) is 14.8. The molecule has 0 amide bonds. The van der Waals surface area contributed by atoms with Gasteiger partial charge in [0.15, 0.2) is 0 Å². The number of fused-ring (bicyclic) bond motifs is 1. The van der Waals surface area contributed by atoms with Crippen LogP contribution in [0.25, 0.3) is 22.2 Å². The minimum atomic E-state index is -3.78. The summed E-state index contributed by atoms with van der Waals surface area (Å²) >= 11 is 0. The maximum absolute atomic E-state index is 14.2. The van der Waals surface area contributed by atoms with Crippen LogP contribution in [0.5, 0.6) is 0 Å². The highest BCUT2D eigenvalue weighted by Gasteiger charge is 2.26. The Kier molecular flexibility index (Phi) is 5.72. The van der Waals surface area contributed by atoms with Gasteiger partial charge in [-0.15, -0.1) is 0 Å². The lowest BCUT2D eigenvalue weighted by Gasteiger charge is -2.20. The summed E-state index contributed by atoms with van der Waals surface area (Å²) in [4.78, 5) is 16.2. The van der Waals surface area contributed by atoms with Crippen molar-refractivity contribution in [2.24, 2.45) is 0 Å². The van der Waals surface area contributed by atoms with Gasteiger partial charge in [-0.25, -0.2) is 27.0 Å². The van der Waals surface area contributed by atoms with Gasteiger partial charge in [0.1, 0.15) is 11.6 Å². The smallest absolute Gasteiger partial charge is 0.336 e. The molecule has 1 fully saturated rings. The summed E-state index contributed by atoms with van der Waals surface area (Å²) in [5.74, 6) is -2.94. The fourth-order valence-corrected chi connectivity index (χ4v) is 5.35. The van der Waals surface area contributed by atoms with Gasteiger partial charge in [0, 0.05) is 30.1 Å². The Balaban J connectivity index is 1.84. The predicted octanol–water partition coefficient (Wildman–Crippen LogP) is 4.44. The van der Waals surface area contributed by atoms with Crippen molar-refractivity contribution in [3.63, 3.8) is 0 Å². The summed E-state index contributed by atoms with van der Waals surface area (Å²) in [6, 6.07) is 8.20. The number of hydrogen-bond acceptors (Lipinski definition) is 4. The Labute approximate surface area is 178 Å². The van der Waals surface area contributed by atoms with Gasteiger partial charge in [-0.05, 0) is 49.2 Å². The van der Waals surface area contributed by atoms with Crippen LogP contribution in [0.1, 0.15) is 36.0 Å². The van der Waals surface area contributed by atoms with Gasteiger partial charge in [-0.1, -0.05) is 12.8 Å². The fraction of sp³-hybridized carbons (Fsp3) is 0.273. The molecule has 4 rings (SSSR count). The van der Waals surface area contributed by atoms with E-state index in [1.807, 2.05) is 0 Å². The largest absolute Gasteiger partial charge is 0.478 e. The second-order valence-electron chi connectivity index (χ2n) is 7.48. The summed E-state index contributed by atoms with van der Waals surface area (Å²) in [7, 11) is -3.78. The Morgan fingerprint density at radius 2 is 1.68 bits per heavy atom. The van der Waals surface area contributed by atoms with Gasteiger partial charge in [0.05, 0.1) is 21.7 Å².